The van der Waals surface area contributed by atoms with Gasteiger partial charge in [0.25, 0.3) is 0 Å². The minimum atomic E-state index is -0.232. The fraction of sp³-hybridized carbons (Fsp3) is 0.364. The van der Waals surface area contributed by atoms with E-state index >= 15 is 0 Å². The van der Waals surface area contributed by atoms with E-state index in [1.165, 1.54) is 11.6 Å². The highest BCUT2D eigenvalue weighted by Crippen LogP contribution is 2.42. The van der Waals surface area contributed by atoms with E-state index < -0.39 is 0 Å². The SMILES string of the molecule is C=CC(C)(C)[C@@H](C)c1cc(CC)ccc1-c1cc(OC)ccc1F. The van der Waals surface area contributed by atoms with Crippen molar-refractivity contribution in [1.82, 2.24) is 0 Å². The smallest absolute Gasteiger partial charge is 0.131 e. The Balaban J connectivity index is 2.69. The normalized spacial score (nSPS) is 12.8. The maximum Gasteiger partial charge on any atom is 0.131 e. The molecule has 0 aliphatic carbocycles. The summed E-state index contributed by atoms with van der Waals surface area (Å²) in [6.07, 6.45) is 2.93. The molecule has 2 aromatic rings. The van der Waals surface area contributed by atoms with E-state index in [1.807, 2.05) is 12.1 Å². The third-order valence-electron chi connectivity index (χ3n) is 5.10. The molecule has 2 rings (SSSR count). The number of rotatable bonds is 6. The van der Waals surface area contributed by atoms with Crippen LogP contribution in [-0.4, -0.2) is 7.11 Å². The third kappa shape index (κ3) is 3.53. The molecule has 0 unspecified atom stereocenters. The first-order valence-electron chi connectivity index (χ1n) is 8.44. The first-order valence-corrected chi connectivity index (χ1v) is 8.44. The maximum absolute atomic E-state index is 14.5. The molecule has 0 spiro atoms. The lowest BCUT2D eigenvalue weighted by molar-refractivity contribution is 0.396. The number of ether oxygens (including phenoxy) is 1. The molecule has 24 heavy (non-hydrogen) atoms. The van der Waals surface area contributed by atoms with Gasteiger partial charge in [-0.15, -0.1) is 6.58 Å². The molecule has 0 aliphatic rings. The fourth-order valence-corrected chi connectivity index (χ4v) is 2.85. The van der Waals surface area contributed by atoms with Crippen LogP contribution in [0.1, 0.15) is 44.7 Å². The monoisotopic (exact) mass is 326 g/mol. The van der Waals surface area contributed by atoms with E-state index in [4.69, 9.17) is 4.74 Å². The van der Waals surface area contributed by atoms with Gasteiger partial charge >= 0.3 is 0 Å². The Labute approximate surface area is 145 Å². The lowest BCUT2D eigenvalue weighted by Crippen LogP contribution is -2.18. The molecule has 0 aliphatic heterocycles. The fourth-order valence-electron chi connectivity index (χ4n) is 2.85. The van der Waals surface area contributed by atoms with E-state index in [9.17, 15) is 4.39 Å². The predicted molar refractivity (Wildman–Crippen MR) is 100 cm³/mol. The number of allylic oxidation sites excluding steroid dienone is 1. The predicted octanol–water partition coefficient (Wildman–Crippen LogP) is 6.38. The molecule has 2 aromatic carbocycles. The van der Waals surface area contributed by atoms with E-state index in [-0.39, 0.29) is 17.2 Å². The van der Waals surface area contributed by atoms with Gasteiger partial charge in [0.15, 0.2) is 0 Å². The van der Waals surface area contributed by atoms with Crippen molar-refractivity contribution in [3.8, 4) is 16.9 Å². The summed E-state index contributed by atoms with van der Waals surface area (Å²) >= 11 is 0. The van der Waals surface area contributed by atoms with Crippen molar-refractivity contribution < 1.29 is 9.13 Å². The number of hydrogen-bond donors (Lipinski definition) is 0. The molecule has 0 bridgehead atoms. The number of benzene rings is 2. The molecule has 0 aromatic heterocycles. The average Bonchev–Trinajstić information content (AvgIpc) is 2.61. The first kappa shape index (κ1) is 18.3. The van der Waals surface area contributed by atoms with Crippen LogP contribution in [0.4, 0.5) is 4.39 Å². The van der Waals surface area contributed by atoms with Gasteiger partial charge in [0, 0.05) is 5.56 Å². The molecule has 0 N–H and O–H groups in total. The Bertz CT molecular complexity index is 731. The molecule has 0 fully saturated rings. The number of halogens is 1. The van der Waals surface area contributed by atoms with Crippen molar-refractivity contribution in [1.29, 1.82) is 0 Å². The van der Waals surface area contributed by atoms with Gasteiger partial charge in [0.1, 0.15) is 11.6 Å². The molecule has 1 nitrogen and oxygen atoms in total. The van der Waals surface area contributed by atoms with Gasteiger partial charge in [0.05, 0.1) is 7.11 Å². The Morgan fingerprint density at radius 2 is 1.88 bits per heavy atom. The summed E-state index contributed by atoms with van der Waals surface area (Å²) in [6.45, 7) is 12.6. The summed E-state index contributed by atoms with van der Waals surface area (Å²) in [5, 5.41) is 0. The third-order valence-corrected chi connectivity index (χ3v) is 5.10. The first-order chi connectivity index (χ1) is 11.3. The maximum atomic E-state index is 14.5. The average molecular weight is 326 g/mol. The zero-order chi connectivity index (χ0) is 17.9. The van der Waals surface area contributed by atoms with Gasteiger partial charge in [-0.05, 0) is 52.6 Å². The molecule has 128 valence electrons. The summed E-state index contributed by atoms with van der Waals surface area (Å²) < 4.78 is 19.8. The van der Waals surface area contributed by atoms with Crippen molar-refractivity contribution in [3.63, 3.8) is 0 Å². The lowest BCUT2D eigenvalue weighted by atomic mass is 9.73. The molecular weight excluding hydrogens is 299 g/mol. The highest BCUT2D eigenvalue weighted by molar-refractivity contribution is 5.71. The van der Waals surface area contributed by atoms with E-state index in [1.54, 1.807) is 19.2 Å². The van der Waals surface area contributed by atoms with Crippen LogP contribution in [0.15, 0.2) is 49.1 Å². The van der Waals surface area contributed by atoms with Crippen molar-refractivity contribution >= 4 is 0 Å². The van der Waals surface area contributed by atoms with Crippen LogP contribution in [0.5, 0.6) is 5.75 Å². The van der Waals surface area contributed by atoms with Crippen LogP contribution in [0.25, 0.3) is 11.1 Å². The summed E-state index contributed by atoms with van der Waals surface area (Å²) in [6, 6.07) is 11.2. The largest absolute Gasteiger partial charge is 0.497 e. The van der Waals surface area contributed by atoms with E-state index in [0.29, 0.717) is 11.3 Å². The molecule has 2 heteroatoms. The van der Waals surface area contributed by atoms with Crippen LogP contribution < -0.4 is 4.74 Å². The molecule has 0 saturated carbocycles. The van der Waals surface area contributed by atoms with E-state index in [2.05, 4.69) is 46.4 Å². The van der Waals surface area contributed by atoms with Crippen LogP contribution in [0, 0.1) is 11.2 Å². The summed E-state index contributed by atoms with van der Waals surface area (Å²) in [7, 11) is 1.60. The van der Waals surface area contributed by atoms with Crippen molar-refractivity contribution in [2.75, 3.05) is 7.11 Å². The topological polar surface area (TPSA) is 9.23 Å². The van der Waals surface area contributed by atoms with Gasteiger partial charge in [-0.2, -0.15) is 0 Å². The molecule has 0 amide bonds. The zero-order valence-corrected chi connectivity index (χ0v) is 15.3. The summed E-state index contributed by atoms with van der Waals surface area (Å²) in [4.78, 5) is 0. The van der Waals surface area contributed by atoms with Gasteiger partial charge in [0.2, 0.25) is 0 Å². The molecular formula is C22H27FO. The molecule has 1 atom stereocenters. The second-order valence-corrected chi connectivity index (χ2v) is 6.87. The van der Waals surface area contributed by atoms with Crippen LogP contribution in [0.2, 0.25) is 0 Å². The van der Waals surface area contributed by atoms with Gasteiger partial charge in [-0.3, -0.25) is 0 Å². The van der Waals surface area contributed by atoms with Gasteiger partial charge < -0.3 is 4.74 Å². The molecule has 0 heterocycles. The van der Waals surface area contributed by atoms with Crippen molar-refractivity contribution in [3.05, 3.63) is 66.0 Å². The molecule has 0 saturated heterocycles. The highest BCUT2D eigenvalue weighted by atomic mass is 19.1. The lowest BCUT2D eigenvalue weighted by Gasteiger charge is -2.31. The van der Waals surface area contributed by atoms with Crippen LogP contribution in [0.3, 0.4) is 0 Å². The Hall–Kier alpha value is -2.09. The van der Waals surface area contributed by atoms with Gasteiger partial charge in [-0.1, -0.05) is 52.0 Å². The summed E-state index contributed by atoms with van der Waals surface area (Å²) in [5.41, 5.74) is 3.82. The zero-order valence-electron chi connectivity index (χ0n) is 15.3. The number of hydrogen-bond acceptors (Lipinski definition) is 1. The quantitative estimate of drug-likeness (QED) is 0.560. The Morgan fingerprint density at radius 3 is 2.46 bits per heavy atom. The second kappa shape index (κ2) is 7.21. The van der Waals surface area contributed by atoms with Crippen molar-refractivity contribution in [2.24, 2.45) is 5.41 Å². The Kier molecular flexibility index (Phi) is 5.48. The van der Waals surface area contributed by atoms with Crippen molar-refractivity contribution in [2.45, 2.75) is 40.0 Å². The number of methoxy groups -OCH3 is 1. The second-order valence-electron chi connectivity index (χ2n) is 6.87. The Morgan fingerprint density at radius 1 is 1.17 bits per heavy atom. The summed E-state index contributed by atoms with van der Waals surface area (Å²) in [5.74, 6) is 0.638. The van der Waals surface area contributed by atoms with E-state index in [0.717, 1.165) is 17.5 Å². The standard InChI is InChI=1S/C22H27FO/c1-7-16-9-11-18(19(13-16)15(3)22(4,5)8-2)20-14-17(24-6)10-12-21(20)23/h8-15H,2,7H2,1,3-6H3/t15-/m0/s1. The van der Waals surface area contributed by atoms with Crippen LogP contribution >= 0.6 is 0 Å². The minimum Gasteiger partial charge on any atom is -0.497 e. The molecule has 0 radical (unpaired) electrons. The van der Waals surface area contributed by atoms with Crippen LogP contribution in [-0.2, 0) is 6.42 Å². The number of aryl methyl sites for hydroxylation is 1. The highest BCUT2D eigenvalue weighted by Gasteiger charge is 2.27. The van der Waals surface area contributed by atoms with Gasteiger partial charge in [-0.25, -0.2) is 4.39 Å². The minimum absolute atomic E-state index is 0.0868.